The monoisotopic (exact) mass is 453 g/mol. The Morgan fingerprint density at radius 3 is 2.73 bits per heavy atom. The normalized spacial score (nSPS) is 21.4. The van der Waals surface area contributed by atoms with E-state index in [0.717, 1.165) is 0 Å². The number of ether oxygens (including phenoxy) is 2. The van der Waals surface area contributed by atoms with E-state index in [1.165, 1.54) is 33.7 Å². The Hall–Kier alpha value is -2.18. The van der Waals surface area contributed by atoms with E-state index < -0.39 is 14.5 Å². The van der Waals surface area contributed by atoms with Crippen LogP contribution in [-0.4, -0.2) is 64.1 Å². The molecule has 0 saturated carbocycles. The van der Waals surface area contributed by atoms with Crippen LogP contribution >= 0.6 is 11.8 Å². The molecule has 2 atom stereocenters. The van der Waals surface area contributed by atoms with E-state index in [-0.39, 0.29) is 41.3 Å². The van der Waals surface area contributed by atoms with Crippen molar-refractivity contribution in [1.29, 1.82) is 0 Å². The van der Waals surface area contributed by atoms with Crippen LogP contribution in [0.4, 0.5) is 4.79 Å². The zero-order valence-electron chi connectivity index (χ0n) is 17.8. The van der Waals surface area contributed by atoms with Crippen molar-refractivity contribution in [1.82, 2.24) is 25.1 Å². The molecule has 0 bridgehead atoms. The highest BCUT2D eigenvalue weighted by molar-refractivity contribution is 8.04. The van der Waals surface area contributed by atoms with Crippen LogP contribution in [0, 0.1) is 5.92 Å². The fourth-order valence-corrected chi connectivity index (χ4v) is 5.15. The van der Waals surface area contributed by atoms with Gasteiger partial charge in [-0.05, 0) is 28.6 Å². The second-order valence-corrected chi connectivity index (χ2v) is 14.6. The van der Waals surface area contributed by atoms with Crippen molar-refractivity contribution in [2.24, 2.45) is 5.92 Å². The molecule has 2 aliphatic heterocycles. The highest BCUT2D eigenvalue weighted by Crippen LogP contribution is 2.50. The zero-order valence-corrected chi connectivity index (χ0v) is 19.6. The Bertz CT molecular complexity index is 852. The van der Waals surface area contributed by atoms with Gasteiger partial charge in [0, 0.05) is 6.61 Å². The van der Waals surface area contributed by atoms with Crippen molar-refractivity contribution >= 4 is 32.1 Å². The van der Waals surface area contributed by atoms with Crippen molar-refractivity contribution in [3.63, 3.8) is 0 Å². The number of hydrogen-bond donors (Lipinski definition) is 0. The Morgan fingerprint density at radius 2 is 2.13 bits per heavy atom. The predicted molar refractivity (Wildman–Crippen MR) is 112 cm³/mol. The molecule has 3 heterocycles. The van der Waals surface area contributed by atoms with Gasteiger partial charge in [-0.15, -0.1) is 5.10 Å². The van der Waals surface area contributed by atoms with E-state index in [1.54, 1.807) is 0 Å². The van der Waals surface area contributed by atoms with E-state index in [4.69, 9.17) is 13.9 Å². The number of thioether (sulfide) groups is 1. The lowest BCUT2D eigenvalue weighted by atomic mass is 10.00. The van der Waals surface area contributed by atoms with Crippen molar-refractivity contribution in [3.05, 3.63) is 29.8 Å². The van der Waals surface area contributed by atoms with Crippen LogP contribution in [0.15, 0.2) is 29.8 Å². The molecule has 10 nitrogen and oxygen atoms in total. The zero-order chi connectivity index (χ0) is 22.1. The lowest BCUT2D eigenvalue weighted by molar-refractivity contribution is -0.151. The third kappa shape index (κ3) is 4.44. The highest BCUT2D eigenvalue weighted by Gasteiger charge is 2.56. The van der Waals surface area contributed by atoms with Gasteiger partial charge in [0.15, 0.2) is 8.32 Å². The molecule has 164 valence electrons. The maximum absolute atomic E-state index is 12.9. The van der Waals surface area contributed by atoms with Gasteiger partial charge in [0.25, 0.3) is 0 Å². The maximum atomic E-state index is 12.9. The molecule has 0 spiro atoms. The quantitative estimate of drug-likeness (QED) is 0.254. The van der Waals surface area contributed by atoms with Gasteiger partial charge in [-0.1, -0.05) is 45.2 Å². The highest BCUT2D eigenvalue weighted by atomic mass is 32.2. The van der Waals surface area contributed by atoms with Gasteiger partial charge in [0.05, 0.1) is 17.4 Å². The van der Waals surface area contributed by atoms with E-state index >= 15 is 0 Å². The number of β-lactam (4-membered cyclic amide) rings is 1. The minimum atomic E-state index is -1.99. The van der Waals surface area contributed by atoms with Crippen LogP contribution in [0.2, 0.25) is 18.1 Å². The molecule has 2 aliphatic rings. The van der Waals surface area contributed by atoms with Gasteiger partial charge < -0.3 is 13.9 Å². The second kappa shape index (κ2) is 8.51. The molecule has 1 aromatic heterocycles. The lowest BCUT2D eigenvalue weighted by Gasteiger charge is -2.44. The minimum absolute atomic E-state index is 0.0158. The molecule has 1 fully saturated rings. The summed E-state index contributed by atoms with van der Waals surface area (Å²) in [4.78, 5) is 27.0. The first-order valence-electron chi connectivity index (χ1n) is 9.58. The van der Waals surface area contributed by atoms with Crippen molar-refractivity contribution in [2.45, 2.75) is 50.8 Å². The fourth-order valence-electron chi connectivity index (χ4n) is 2.72. The molecule has 0 aliphatic carbocycles. The summed E-state index contributed by atoms with van der Waals surface area (Å²) in [6.45, 7) is 14.9. The number of amides is 1. The number of carbonyl (C=O) groups excluding carboxylic acids is 2. The van der Waals surface area contributed by atoms with Crippen molar-refractivity contribution in [3.8, 4) is 0 Å². The standard InChI is InChI=1S/C18H27N5O5SSi/c1-7-8-26-17(25)28-15-13(9-22-11-19-20-21-22)29-16-12(14(24)23(15)16)10-27-30(5,6)18(2,3)4/h7,11-12,16H,1,8-10H2,2-6H3/t12-,16+/m0/s1. The average molecular weight is 454 g/mol. The number of aromatic nitrogens is 4. The van der Waals surface area contributed by atoms with Crippen molar-refractivity contribution < 1.29 is 23.5 Å². The number of hydrogen-bond acceptors (Lipinski definition) is 9. The third-order valence-corrected chi connectivity index (χ3v) is 11.4. The smallest absolute Gasteiger partial charge is 0.430 e. The van der Waals surface area contributed by atoms with Gasteiger partial charge in [-0.2, -0.15) is 0 Å². The summed E-state index contributed by atoms with van der Waals surface area (Å²) in [7, 11) is -1.99. The van der Waals surface area contributed by atoms with E-state index in [0.29, 0.717) is 11.5 Å². The molecular weight excluding hydrogens is 426 g/mol. The predicted octanol–water partition coefficient (Wildman–Crippen LogP) is 2.73. The molecule has 0 N–H and O–H groups in total. The molecule has 30 heavy (non-hydrogen) atoms. The number of allylic oxidation sites excluding steroid dienone is 1. The van der Waals surface area contributed by atoms with Crippen LogP contribution in [-0.2, 0) is 25.2 Å². The summed E-state index contributed by atoms with van der Waals surface area (Å²) < 4.78 is 18.0. The fraction of sp³-hybridized carbons (Fsp3) is 0.611. The molecule has 0 aromatic carbocycles. The van der Waals surface area contributed by atoms with E-state index in [1.807, 2.05) is 0 Å². The number of tetrazole rings is 1. The molecule has 1 amide bonds. The summed E-state index contributed by atoms with van der Waals surface area (Å²) >= 11 is 1.45. The number of rotatable bonds is 8. The SMILES string of the molecule is C=CCOC(=O)OC1=C(Cn2cnnn2)S[C@@H]2[C@@H](CO[Si](C)(C)C(C)(C)C)C(=O)N12. The topological polar surface area (TPSA) is 109 Å². The van der Waals surface area contributed by atoms with Gasteiger partial charge in [-0.25, -0.2) is 9.48 Å². The van der Waals surface area contributed by atoms with Gasteiger partial charge in [0.1, 0.15) is 18.3 Å². The van der Waals surface area contributed by atoms with E-state index in [9.17, 15) is 9.59 Å². The van der Waals surface area contributed by atoms with Crippen LogP contribution in [0.25, 0.3) is 0 Å². The third-order valence-electron chi connectivity index (χ3n) is 5.50. The second-order valence-electron chi connectivity index (χ2n) is 8.58. The first-order chi connectivity index (χ1) is 14.0. The summed E-state index contributed by atoms with van der Waals surface area (Å²) in [6, 6.07) is 0. The van der Waals surface area contributed by atoms with E-state index in [2.05, 4.69) is 56.0 Å². The number of nitrogens with zero attached hydrogens (tertiary/aromatic N) is 5. The molecule has 3 rings (SSSR count). The number of carbonyl (C=O) groups is 2. The number of fused-ring (bicyclic) bond motifs is 1. The molecule has 0 radical (unpaired) electrons. The van der Waals surface area contributed by atoms with Gasteiger partial charge in [0.2, 0.25) is 11.8 Å². The van der Waals surface area contributed by atoms with Crippen LogP contribution in [0.1, 0.15) is 20.8 Å². The minimum Gasteiger partial charge on any atom is -0.430 e. The molecule has 0 unspecified atom stereocenters. The molecule has 1 aromatic rings. The molecular formula is C18H27N5O5SSi. The van der Waals surface area contributed by atoms with Crippen molar-refractivity contribution in [2.75, 3.05) is 13.2 Å². The van der Waals surface area contributed by atoms with Crippen LogP contribution in [0.3, 0.4) is 0 Å². The lowest BCUT2D eigenvalue weighted by Crippen LogP contribution is -2.59. The van der Waals surface area contributed by atoms with Gasteiger partial charge >= 0.3 is 6.16 Å². The maximum Gasteiger partial charge on any atom is 0.515 e. The first kappa shape index (κ1) is 22.5. The summed E-state index contributed by atoms with van der Waals surface area (Å²) in [5, 5.41) is 10.9. The Morgan fingerprint density at radius 1 is 1.40 bits per heavy atom. The summed E-state index contributed by atoms with van der Waals surface area (Å²) in [5.41, 5.74) is 0. The van der Waals surface area contributed by atoms with Crippen LogP contribution in [0.5, 0.6) is 0 Å². The van der Waals surface area contributed by atoms with Crippen LogP contribution < -0.4 is 0 Å². The first-order valence-corrected chi connectivity index (χ1v) is 13.4. The largest absolute Gasteiger partial charge is 0.515 e. The Balaban J connectivity index is 1.73. The van der Waals surface area contributed by atoms with Gasteiger partial charge in [-0.3, -0.25) is 9.69 Å². The molecule has 1 saturated heterocycles. The summed E-state index contributed by atoms with van der Waals surface area (Å²) in [6.07, 6.45) is 2.00. The Labute approximate surface area is 180 Å². The average Bonchev–Trinajstić information content (AvgIpc) is 3.26. The Kier molecular flexibility index (Phi) is 6.39. The molecule has 12 heteroatoms. The summed E-state index contributed by atoms with van der Waals surface area (Å²) in [5.74, 6) is -0.272.